The van der Waals surface area contributed by atoms with E-state index in [0.29, 0.717) is 11.4 Å². The van der Waals surface area contributed by atoms with Crippen LogP contribution >= 0.6 is 0 Å². The van der Waals surface area contributed by atoms with E-state index in [-0.39, 0.29) is 11.5 Å². The predicted molar refractivity (Wildman–Crippen MR) is 102 cm³/mol. The second kappa shape index (κ2) is 7.89. The van der Waals surface area contributed by atoms with Crippen molar-refractivity contribution in [2.75, 3.05) is 17.9 Å². The summed E-state index contributed by atoms with van der Waals surface area (Å²) in [5.41, 5.74) is 5.02. The zero-order chi connectivity index (χ0) is 18.4. The van der Waals surface area contributed by atoms with Crippen LogP contribution in [-0.2, 0) is 0 Å². The molecule has 0 amide bonds. The van der Waals surface area contributed by atoms with Gasteiger partial charge in [-0.2, -0.15) is 5.10 Å². The number of hydrazone groups is 1. The Kier molecular flexibility index (Phi) is 5.19. The van der Waals surface area contributed by atoms with E-state index in [1.165, 1.54) is 18.3 Å². The normalized spacial score (nSPS) is 10.7. The van der Waals surface area contributed by atoms with Crippen LogP contribution in [0.5, 0.6) is 17.2 Å². The van der Waals surface area contributed by atoms with E-state index in [9.17, 15) is 10.2 Å². The van der Waals surface area contributed by atoms with E-state index in [4.69, 9.17) is 4.74 Å². The van der Waals surface area contributed by atoms with Gasteiger partial charge in [0.05, 0.1) is 25.2 Å². The minimum atomic E-state index is -0.0532. The van der Waals surface area contributed by atoms with E-state index in [1.807, 2.05) is 30.3 Å². The number of hydrogen-bond acceptors (Lipinski definition) is 7. The van der Waals surface area contributed by atoms with E-state index in [0.717, 1.165) is 17.1 Å². The molecule has 0 aliphatic carbocycles. The molecule has 26 heavy (non-hydrogen) atoms. The number of anilines is 3. The highest BCUT2D eigenvalue weighted by molar-refractivity contribution is 5.84. The largest absolute Gasteiger partial charge is 0.508 e. The summed E-state index contributed by atoms with van der Waals surface area (Å²) in [5.74, 6) is 1.29. The quantitative estimate of drug-likeness (QED) is 0.400. The molecule has 0 aliphatic heterocycles. The molecule has 0 bridgehead atoms. The summed E-state index contributed by atoms with van der Waals surface area (Å²) in [6, 6.07) is 15.5. The molecule has 3 rings (SSSR count). The van der Waals surface area contributed by atoms with E-state index in [1.54, 1.807) is 25.4 Å². The minimum absolute atomic E-state index is 0.00535. The van der Waals surface area contributed by atoms with Gasteiger partial charge >= 0.3 is 0 Å². The first-order valence-corrected chi connectivity index (χ1v) is 7.82. The maximum Gasteiger partial charge on any atom is 0.146 e. The van der Waals surface area contributed by atoms with Gasteiger partial charge in [-0.3, -0.25) is 5.43 Å². The topological polar surface area (TPSA) is 99.0 Å². The highest BCUT2D eigenvalue weighted by Gasteiger charge is 2.00. The van der Waals surface area contributed by atoms with Gasteiger partial charge in [-0.05, 0) is 48.5 Å². The molecule has 7 heteroatoms. The molecular weight excluding hydrogens is 332 g/mol. The molecule has 3 aromatic rings. The zero-order valence-electron chi connectivity index (χ0n) is 14.0. The van der Waals surface area contributed by atoms with Crippen LogP contribution in [0, 0.1) is 0 Å². The average molecular weight is 350 g/mol. The van der Waals surface area contributed by atoms with Crippen molar-refractivity contribution < 1.29 is 14.9 Å². The van der Waals surface area contributed by atoms with Gasteiger partial charge in [-0.25, -0.2) is 4.98 Å². The number of pyridine rings is 1. The van der Waals surface area contributed by atoms with Crippen molar-refractivity contribution in [3.8, 4) is 17.2 Å². The van der Waals surface area contributed by atoms with Gasteiger partial charge in [0.1, 0.15) is 23.1 Å². The van der Waals surface area contributed by atoms with Crippen LogP contribution in [0.1, 0.15) is 5.56 Å². The Bertz CT molecular complexity index is 894. The smallest absolute Gasteiger partial charge is 0.146 e. The van der Waals surface area contributed by atoms with Gasteiger partial charge in [-0.1, -0.05) is 0 Å². The number of methoxy groups -OCH3 is 1. The number of phenols is 2. The SMILES string of the molecule is COc1ccc(Nc2ccc(N/N=C/c3ccc(O)cc3O)nc2)cc1. The number of nitrogens with zero attached hydrogens (tertiary/aromatic N) is 2. The Morgan fingerprint density at radius 1 is 1.00 bits per heavy atom. The predicted octanol–water partition coefficient (Wildman–Crippen LogP) is 3.69. The monoisotopic (exact) mass is 350 g/mol. The van der Waals surface area contributed by atoms with Crippen molar-refractivity contribution in [1.82, 2.24) is 4.98 Å². The number of rotatable bonds is 6. The van der Waals surface area contributed by atoms with Crippen molar-refractivity contribution >= 4 is 23.4 Å². The van der Waals surface area contributed by atoms with Crippen LogP contribution in [0.15, 0.2) is 65.9 Å². The Morgan fingerprint density at radius 2 is 1.77 bits per heavy atom. The van der Waals surface area contributed by atoms with Gasteiger partial charge in [0, 0.05) is 17.3 Å². The van der Waals surface area contributed by atoms with E-state index in [2.05, 4.69) is 20.8 Å². The fourth-order valence-corrected chi connectivity index (χ4v) is 2.18. The average Bonchev–Trinajstić information content (AvgIpc) is 2.65. The number of hydrogen-bond donors (Lipinski definition) is 4. The minimum Gasteiger partial charge on any atom is -0.508 e. The second-order valence-corrected chi connectivity index (χ2v) is 5.40. The molecule has 7 nitrogen and oxygen atoms in total. The third kappa shape index (κ3) is 4.41. The van der Waals surface area contributed by atoms with Crippen LogP contribution in [0.2, 0.25) is 0 Å². The molecule has 0 saturated heterocycles. The summed E-state index contributed by atoms with van der Waals surface area (Å²) in [7, 11) is 1.63. The zero-order valence-corrected chi connectivity index (χ0v) is 14.0. The first-order chi connectivity index (χ1) is 12.6. The molecule has 0 atom stereocenters. The molecule has 0 spiro atoms. The maximum atomic E-state index is 9.69. The summed E-state index contributed by atoms with van der Waals surface area (Å²) in [6.07, 6.45) is 3.13. The molecule has 1 aromatic heterocycles. The summed E-state index contributed by atoms with van der Waals surface area (Å²) < 4.78 is 5.13. The number of benzene rings is 2. The van der Waals surface area contributed by atoms with Gasteiger partial charge in [-0.15, -0.1) is 0 Å². The number of ether oxygens (including phenoxy) is 1. The molecule has 2 aromatic carbocycles. The third-order valence-electron chi connectivity index (χ3n) is 3.54. The molecule has 0 fully saturated rings. The first kappa shape index (κ1) is 17.1. The molecule has 0 aliphatic rings. The van der Waals surface area contributed by atoms with Crippen molar-refractivity contribution in [1.29, 1.82) is 0 Å². The fourth-order valence-electron chi connectivity index (χ4n) is 2.18. The summed E-state index contributed by atoms with van der Waals surface area (Å²) in [6.45, 7) is 0. The summed E-state index contributed by atoms with van der Waals surface area (Å²) >= 11 is 0. The lowest BCUT2D eigenvalue weighted by Gasteiger charge is -2.07. The lowest BCUT2D eigenvalue weighted by Crippen LogP contribution is -1.96. The number of phenolic OH excluding ortho intramolecular Hbond substituents is 2. The third-order valence-corrected chi connectivity index (χ3v) is 3.54. The van der Waals surface area contributed by atoms with Gasteiger partial charge in [0.15, 0.2) is 0 Å². The maximum absolute atomic E-state index is 9.69. The van der Waals surface area contributed by atoms with Crippen LogP contribution < -0.4 is 15.5 Å². The molecule has 0 saturated carbocycles. The molecule has 0 radical (unpaired) electrons. The first-order valence-electron chi connectivity index (χ1n) is 7.82. The van der Waals surface area contributed by atoms with E-state index < -0.39 is 0 Å². The Hall–Kier alpha value is -3.74. The van der Waals surface area contributed by atoms with Gasteiger partial charge in [0.2, 0.25) is 0 Å². The highest BCUT2D eigenvalue weighted by Crippen LogP contribution is 2.21. The van der Waals surface area contributed by atoms with Crippen molar-refractivity contribution in [2.45, 2.75) is 0 Å². The molecule has 132 valence electrons. The van der Waals surface area contributed by atoms with Crippen molar-refractivity contribution in [3.63, 3.8) is 0 Å². The van der Waals surface area contributed by atoms with Gasteiger partial charge in [0.25, 0.3) is 0 Å². The van der Waals surface area contributed by atoms with Crippen LogP contribution in [-0.4, -0.2) is 28.5 Å². The molecular formula is C19H18N4O3. The van der Waals surface area contributed by atoms with E-state index >= 15 is 0 Å². The summed E-state index contributed by atoms with van der Waals surface area (Å²) in [4.78, 5) is 4.26. The fraction of sp³-hybridized carbons (Fsp3) is 0.0526. The second-order valence-electron chi connectivity index (χ2n) is 5.40. The number of aromatic hydroxyl groups is 2. The Balaban J connectivity index is 1.59. The van der Waals surface area contributed by atoms with Crippen molar-refractivity contribution in [2.24, 2.45) is 5.10 Å². The lowest BCUT2D eigenvalue weighted by molar-refractivity contribution is 0.415. The summed E-state index contributed by atoms with van der Waals surface area (Å²) in [5, 5.41) is 26.2. The Morgan fingerprint density at radius 3 is 2.42 bits per heavy atom. The lowest BCUT2D eigenvalue weighted by atomic mass is 10.2. The Labute approximate surface area is 150 Å². The highest BCUT2D eigenvalue weighted by atomic mass is 16.5. The standard InChI is InChI=1S/C19H18N4O3/c1-26-17-7-3-14(4-8-17)22-15-5-9-19(20-12-15)23-21-11-13-2-6-16(24)10-18(13)25/h2-12,22,24-25H,1H3,(H,20,23)/b21-11+. The molecule has 0 unspecified atom stereocenters. The van der Waals surface area contributed by atoms with Crippen LogP contribution in [0.4, 0.5) is 17.2 Å². The molecule has 4 N–H and O–H groups in total. The van der Waals surface area contributed by atoms with Crippen LogP contribution in [0.25, 0.3) is 0 Å². The van der Waals surface area contributed by atoms with Crippen LogP contribution in [0.3, 0.4) is 0 Å². The number of aromatic nitrogens is 1. The van der Waals surface area contributed by atoms with Gasteiger partial charge < -0.3 is 20.3 Å². The van der Waals surface area contributed by atoms with Crippen molar-refractivity contribution in [3.05, 3.63) is 66.4 Å². The molecule has 1 heterocycles. The number of nitrogens with one attached hydrogen (secondary N) is 2.